The maximum Gasteiger partial charge on any atom is 0.365 e. The van der Waals surface area contributed by atoms with E-state index in [1.54, 1.807) is 0 Å². The molecule has 76 valence electrons. The first kappa shape index (κ1) is 12.4. The maximum atomic E-state index is 11.0. The highest BCUT2D eigenvalue weighted by Crippen LogP contribution is 2.49. The summed E-state index contributed by atoms with van der Waals surface area (Å²) >= 11 is 0. The standard InChI is InChI=1S/C7H13O5P/c1-4-5-12-7(8)6(2)13(9,10)11-3/h2,4-5H2,1,3H3,(H,9,10). The zero-order chi connectivity index (χ0) is 10.5. The minimum atomic E-state index is -4.03. The third-order valence-corrected chi connectivity index (χ3v) is 2.62. The molecule has 0 amide bonds. The van der Waals surface area contributed by atoms with E-state index in [4.69, 9.17) is 4.89 Å². The molecule has 1 N–H and O–H groups in total. The van der Waals surface area contributed by atoms with Crippen LogP contribution < -0.4 is 0 Å². The van der Waals surface area contributed by atoms with Crippen molar-refractivity contribution < 1.29 is 23.5 Å². The van der Waals surface area contributed by atoms with Crippen LogP contribution in [0.1, 0.15) is 13.3 Å². The Morgan fingerprint density at radius 1 is 1.62 bits per heavy atom. The van der Waals surface area contributed by atoms with E-state index in [-0.39, 0.29) is 6.61 Å². The summed E-state index contributed by atoms with van der Waals surface area (Å²) in [6.45, 7) is 5.14. The van der Waals surface area contributed by atoms with Gasteiger partial charge in [-0.15, -0.1) is 0 Å². The molecule has 0 fully saturated rings. The van der Waals surface area contributed by atoms with Gasteiger partial charge in [0.25, 0.3) is 0 Å². The highest BCUT2D eigenvalue weighted by molar-refractivity contribution is 7.58. The Morgan fingerprint density at radius 3 is 2.54 bits per heavy atom. The maximum absolute atomic E-state index is 11.0. The summed E-state index contributed by atoms with van der Waals surface area (Å²) in [6.07, 6.45) is 0.641. The van der Waals surface area contributed by atoms with Crippen molar-refractivity contribution in [2.24, 2.45) is 0 Å². The Kier molecular flexibility index (Phi) is 4.91. The monoisotopic (exact) mass is 208 g/mol. The quantitative estimate of drug-likeness (QED) is 0.418. The molecule has 0 heterocycles. The van der Waals surface area contributed by atoms with Crippen LogP contribution in [-0.4, -0.2) is 24.6 Å². The van der Waals surface area contributed by atoms with Crippen molar-refractivity contribution in [3.63, 3.8) is 0 Å². The van der Waals surface area contributed by atoms with E-state index in [1.807, 2.05) is 6.92 Å². The second-order valence-electron chi connectivity index (χ2n) is 2.29. The van der Waals surface area contributed by atoms with Crippen LogP contribution in [0, 0.1) is 0 Å². The molecule has 0 saturated heterocycles. The molecule has 0 aliphatic carbocycles. The Labute approximate surface area is 76.9 Å². The lowest BCUT2D eigenvalue weighted by atomic mass is 10.5. The molecule has 1 unspecified atom stereocenters. The van der Waals surface area contributed by atoms with Crippen molar-refractivity contribution >= 4 is 13.6 Å². The average Bonchev–Trinajstić information content (AvgIpc) is 2.12. The predicted octanol–water partition coefficient (Wildman–Crippen LogP) is 1.29. The van der Waals surface area contributed by atoms with E-state index in [1.165, 1.54) is 0 Å². The van der Waals surface area contributed by atoms with Crippen LogP contribution in [0.3, 0.4) is 0 Å². The fraction of sp³-hybridized carbons (Fsp3) is 0.571. The van der Waals surface area contributed by atoms with Crippen molar-refractivity contribution in [2.45, 2.75) is 13.3 Å². The van der Waals surface area contributed by atoms with Crippen LogP contribution in [0.25, 0.3) is 0 Å². The summed E-state index contributed by atoms with van der Waals surface area (Å²) in [4.78, 5) is 20.0. The largest absolute Gasteiger partial charge is 0.462 e. The fourth-order valence-corrected chi connectivity index (χ4v) is 1.02. The van der Waals surface area contributed by atoms with Gasteiger partial charge >= 0.3 is 13.6 Å². The van der Waals surface area contributed by atoms with Gasteiger partial charge in [-0.25, -0.2) is 4.79 Å². The molecule has 0 aliphatic rings. The lowest BCUT2D eigenvalue weighted by Gasteiger charge is -2.10. The average molecular weight is 208 g/mol. The fourth-order valence-electron chi connectivity index (χ4n) is 0.504. The van der Waals surface area contributed by atoms with Crippen LogP contribution >= 0.6 is 7.60 Å². The molecule has 0 rings (SSSR count). The molecule has 6 heteroatoms. The molecule has 5 nitrogen and oxygen atoms in total. The van der Waals surface area contributed by atoms with E-state index in [0.717, 1.165) is 7.11 Å². The number of rotatable bonds is 5. The summed E-state index contributed by atoms with van der Waals surface area (Å²) < 4.78 is 19.8. The number of hydrogen-bond acceptors (Lipinski definition) is 4. The van der Waals surface area contributed by atoms with Crippen molar-refractivity contribution in [2.75, 3.05) is 13.7 Å². The van der Waals surface area contributed by atoms with Gasteiger partial charge in [-0.05, 0) is 6.42 Å². The summed E-state index contributed by atoms with van der Waals surface area (Å²) in [6, 6.07) is 0. The predicted molar refractivity (Wildman–Crippen MR) is 47.2 cm³/mol. The van der Waals surface area contributed by atoms with E-state index in [2.05, 4.69) is 15.8 Å². The number of carbonyl (C=O) groups excluding carboxylic acids is 1. The summed E-state index contributed by atoms with van der Waals surface area (Å²) in [5.41, 5.74) is 0. The zero-order valence-corrected chi connectivity index (χ0v) is 8.54. The van der Waals surface area contributed by atoms with Gasteiger partial charge in [-0.3, -0.25) is 4.57 Å². The van der Waals surface area contributed by atoms with Gasteiger partial charge < -0.3 is 14.2 Å². The van der Waals surface area contributed by atoms with Gasteiger partial charge in [-0.1, -0.05) is 13.5 Å². The van der Waals surface area contributed by atoms with Crippen molar-refractivity contribution in [1.29, 1.82) is 0 Å². The van der Waals surface area contributed by atoms with Gasteiger partial charge in [0.05, 0.1) is 6.61 Å². The molecule has 0 aromatic heterocycles. The first-order valence-electron chi connectivity index (χ1n) is 3.70. The molecular weight excluding hydrogens is 195 g/mol. The van der Waals surface area contributed by atoms with Crippen molar-refractivity contribution in [1.82, 2.24) is 0 Å². The SMILES string of the molecule is C=C(C(=O)OCCC)P(=O)(O)OC. The van der Waals surface area contributed by atoms with Crippen LogP contribution in [0.2, 0.25) is 0 Å². The number of hydrogen-bond donors (Lipinski definition) is 1. The second-order valence-corrected chi connectivity index (χ2v) is 4.23. The molecule has 0 spiro atoms. The smallest absolute Gasteiger partial charge is 0.365 e. The first-order chi connectivity index (χ1) is 5.95. The first-order valence-corrected chi connectivity index (χ1v) is 5.28. The number of esters is 1. The molecule has 0 bridgehead atoms. The molecule has 0 aromatic carbocycles. The third-order valence-electron chi connectivity index (χ3n) is 1.26. The van der Waals surface area contributed by atoms with Crippen molar-refractivity contribution in [3.05, 3.63) is 11.9 Å². The minimum Gasteiger partial charge on any atom is -0.462 e. The van der Waals surface area contributed by atoms with Crippen LogP contribution in [0.15, 0.2) is 11.9 Å². The zero-order valence-electron chi connectivity index (χ0n) is 7.65. The highest BCUT2D eigenvalue weighted by atomic mass is 31.2. The van der Waals surface area contributed by atoms with Crippen LogP contribution in [0.5, 0.6) is 0 Å². The summed E-state index contributed by atoms with van der Waals surface area (Å²) in [5, 5.41) is -0.538. The van der Waals surface area contributed by atoms with Crippen LogP contribution in [0.4, 0.5) is 0 Å². The molecular formula is C7H13O5P. The summed E-state index contributed by atoms with van der Waals surface area (Å²) in [7, 11) is -3.00. The molecule has 0 radical (unpaired) electrons. The van der Waals surface area contributed by atoms with E-state index < -0.39 is 18.9 Å². The topological polar surface area (TPSA) is 72.8 Å². The lowest BCUT2D eigenvalue weighted by molar-refractivity contribution is -0.138. The van der Waals surface area contributed by atoms with E-state index in [0.29, 0.717) is 6.42 Å². The number of carbonyl (C=O) groups is 1. The molecule has 1 atom stereocenters. The van der Waals surface area contributed by atoms with Gasteiger partial charge in [0.1, 0.15) is 5.31 Å². The van der Waals surface area contributed by atoms with Gasteiger partial charge in [0.15, 0.2) is 0 Å². The van der Waals surface area contributed by atoms with Crippen LogP contribution in [-0.2, 0) is 18.6 Å². The number of ether oxygens (including phenoxy) is 1. The minimum absolute atomic E-state index is 0.196. The molecule has 13 heavy (non-hydrogen) atoms. The van der Waals surface area contributed by atoms with Gasteiger partial charge in [0.2, 0.25) is 0 Å². The second kappa shape index (κ2) is 5.17. The lowest BCUT2D eigenvalue weighted by Crippen LogP contribution is -2.08. The molecule has 0 aliphatic heterocycles. The highest BCUT2D eigenvalue weighted by Gasteiger charge is 2.29. The van der Waals surface area contributed by atoms with E-state index in [9.17, 15) is 9.36 Å². The molecule has 0 saturated carbocycles. The van der Waals surface area contributed by atoms with Crippen molar-refractivity contribution in [3.8, 4) is 0 Å². The Balaban J connectivity index is 4.27. The normalized spacial score (nSPS) is 14.7. The Morgan fingerprint density at radius 2 is 2.15 bits per heavy atom. The summed E-state index contributed by atoms with van der Waals surface area (Å²) in [5.74, 6) is -0.894. The molecule has 0 aromatic rings. The Bertz CT molecular complexity index is 247. The van der Waals surface area contributed by atoms with E-state index >= 15 is 0 Å². The third kappa shape index (κ3) is 3.72. The Hall–Kier alpha value is -0.640. The van der Waals surface area contributed by atoms with Gasteiger partial charge in [-0.2, -0.15) is 0 Å². The van der Waals surface area contributed by atoms with Gasteiger partial charge in [0, 0.05) is 7.11 Å².